The van der Waals surface area contributed by atoms with Crippen LogP contribution in [0.15, 0.2) is 76.3 Å². The molecule has 0 aliphatic heterocycles. The van der Waals surface area contributed by atoms with Gasteiger partial charge in [-0.05, 0) is 54.1 Å². The van der Waals surface area contributed by atoms with Crippen molar-refractivity contribution in [2.45, 2.75) is 6.54 Å². The summed E-state index contributed by atoms with van der Waals surface area (Å²) in [6.45, 7) is 0.0722. The number of nitrogens with one attached hydrogen (secondary N) is 1. The molecule has 3 aromatic rings. The van der Waals surface area contributed by atoms with Crippen LogP contribution in [-0.4, -0.2) is 33.9 Å². The van der Waals surface area contributed by atoms with Gasteiger partial charge in [0.25, 0.3) is 5.91 Å². The van der Waals surface area contributed by atoms with Gasteiger partial charge in [0.05, 0.1) is 31.8 Å². The number of sulfonamides is 1. The highest BCUT2D eigenvalue weighted by molar-refractivity contribution is 9.10. The molecule has 10 heteroatoms. The van der Waals surface area contributed by atoms with Crippen LogP contribution in [0.25, 0.3) is 0 Å². The molecule has 0 unspecified atom stereocenters. The Morgan fingerprint density at radius 3 is 2.48 bits per heavy atom. The molecule has 0 heterocycles. The molecule has 172 valence electrons. The molecule has 1 N–H and O–H groups in total. The molecule has 0 aromatic heterocycles. The second kappa shape index (κ2) is 10.8. The number of carbonyl (C=O) groups excluding carboxylic acids is 1. The van der Waals surface area contributed by atoms with Crippen molar-refractivity contribution in [2.24, 2.45) is 5.10 Å². The van der Waals surface area contributed by atoms with Gasteiger partial charge in [-0.15, -0.1) is 0 Å². The smallest absolute Gasteiger partial charge is 0.271 e. The monoisotopic (exact) mass is 549 g/mol. The molecule has 3 aromatic carbocycles. The third kappa shape index (κ3) is 6.56. The summed E-state index contributed by atoms with van der Waals surface area (Å²) in [6, 6.07) is 18.7. The highest BCUT2D eigenvalue weighted by Gasteiger charge is 2.19. The van der Waals surface area contributed by atoms with Gasteiger partial charge >= 0.3 is 0 Å². The first-order valence-corrected chi connectivity index (χ1v) is 12.7. The van der Waals surface area contributed by atoms with Gasteiger partial charge in [0.1, 0.15) is 5.75 Å². The predicted molar refractivity (Wildman–Crippen MR) is 135 cm³/mol. The number of halogens is 2. The van der Waals surface area contributed by atoms with Crippen molar-refractivity contribution in [1.29, 1.82) is 0 Å². The number of hydrogen-bond donors (Lipinski definition) is 1. The van der Waals surface area contributed by atoms with Crippen LogP contribution in [0.1, 0.15) is 21.5 Å². The van der Waals surface area contributed by atoms with Gasteiger partial charge in [0.15, 0.2) is 0 Å². The quantitative estimate of drug-likeness (QED) is 0.321. The minimum absolute atomic E-state index is 0.0722. The summed E-state index contributed by atoms with van der Waals surface area (Å²) in [5.74, 6) is 0.170. The highest BCUT2D eigenvalue weighted by Crippen LogP contribution is 2.25. The van der Waals surface area contributed by atoms with E-state index in [-0.39, 0.29) is 6.54 Å². The summed E-state index contributed by atoms with van der Waals surface area (Å²) in [7, 11) is -2.04. The number of carbonyl (C=O) groups is 1. The largest absolute Gasteiger partial charge is 0.496 e. The topological polar surface area (TPSA) is 88.1 Å². The Balaban J connectivity index is 1.74. The average molecular weight is 551 g/mol. The third-order valence-corrected chi connectivity index (χ3v) is 6.65. The van der Waals surface area contributed by atoms with Crippen molar-refractivity contribution >= 4 is 55.4 Å². The summed E-state index contributed by atoms with van der Waals surface area (Å²) in [6.07, 6.45) is 2.60. The van der Waals surface area contributed by atoms with E-state index < -0.39 is 15.9 Å². The van der Waals surface area contributed by atoms with Crippen molar-refractivity contribution in [1.82, 2.24) is 5.43 Å². The van der Waals surface area contributed by atoms with Crippen LogP contribution in [0.4, 0.5) is 5.69 Å². The number of hydrazone groups is 1. The van der Waals surface area contributed by atoms with Crippen molar-refractivity contribution in [3.8, 4) is 5.75 Å². The van der Waals surface area contributed by atoms with E-state index in [0.29, 0.717) is 33.1 Å². The number of ether oxygens (including phenoxy) is 1. The van der Waals surface area contributed by atoms with Crippen LogP contribution in [0, 0.1) is 0 Å². The minimum Gasteiger partial charge on any atom is -0.496 e. The number of methoxy groups -OCH3 is 1. The molecule has 7 nitrogen and oxygen atoms in total. The standard InChI is InChI=1S/C23H21BrClN3O4S/c1-32-22-12-9-19(24)13-18(22)14-26-27-23(29)16-7-10-20(11-8-16)28(33(2,30)31)15-17-5-3-4-6-21(17)25/h3-14H,15H2,1-2H3,(H,27,29)/b26-14+. The van der Waals surface area contributed by atoms with Crippen molar-refractivity contribution in [3.05, 3.63) is 92.9 Å². The first kappa shape index (κ1) is 24.8. The van der Waals surface area contributed by atoms with E-state index in [0.717, 1.165) is 10.7 Å². The SMILES string of the molecule is COc1ccc(Br)cc1/C=N/NC(=O)c1ccc(N(Cc2ccccc2Cl)S(C)(=O)=O)cc1. The Morgan fingerprint density at radius 1 is 1.15 bits per heavy atom. The number of anilines is 1. The van der Waals surface area contributed by atoms with Crippen LogP contribution in [-0.2, 0) is 16.6 Å². The molecular formula is C23H21BrClN3O4S. The summed E-state index contributed by atoms with van der Waals surface area (Å²) in [4.78, 5) is 12.5. The van der Waals surface area contributed by atoms with Gasteiger partial charge in [-0.25, -0.2) is 13.8 Å². The first-order chi connectivity index (χ1) is 15.7. The van der Waals surface area contributed by atoms with E-state index in [2.05, 4.69) is 26.5 Å². The van der Waals surface area contributed by atoms with E-state index in [1.54, 1.807) is 49.6 Å². The first-order valence-electron chi connectivity index (χ1n) is 9.67. The normalized spacial score (nSPS) is 11.4. The Hall–Kier alpha value is -2.88. The maximum atomic E-state index is 12.5. The Morgan fingerprint density at radius 2 is 1.85 bits per heavy atom. The summed E-state index contributed by atoms with van der Waals surface area (Å²) in [5.41, 5.74) is 4.55. The van der Waals surface area contributed by atoms with Crippen molar-refractivity contribution < 1.29 is 17.9 Å². The molecule has 0 atom stereocenters. The fourth-order valence-corrected chi connectivity index (χ4v) is 4.44. The fraction of sp³-hybridized carbons (Fsp3) is 0.130. The molecule has 1 amide bonds. The fourth-order valence-electron chi connectivity index (χ4n) is 2.99. The van der Waals surface area contributed by atoms with Crippen LogP contribution in [0.3, 0.4) is 0 Å². The molecule has 3 rings (SSSR count). The lowest BCUT2D eigenvalue weighted by molar-refractivity contribution is 0.0955. The maximum Gasteiger partial charge on any atom is 0.271 e. The van der Waals surface area contributed by atoms with Crippen LogP contribution in [0.2, 0.25) is 5.02 Å². The van der Waals surface area contributed by atoms with E-state index in [4.69, 9.17) is 16.3 Å². The number of amides is 1. The molecule has 0 saturated carbocycles. The molecule has 0 radical (unpaired) electrons. The van der Waals surface area contributed by atoms with Gasteiger partial charge in [0.2, 0.25) is 10.0 Å². The number of hydrogen-bond acceptors (Lipinski definition) is 5. The minimum atomic E-state index is -3.59. The molecule has 0 saturated heterocycles. The van der Waals surface area contributed by atoms with Crippen molar-refractivity contribution in [2.75, 3.05) is 17.7 Å². The van der Waals surface area contributed by atoms with E-state index in [1.807, 2.05) is 12.1 Å². The lowest BCUT2D eigenvalue weighted by Crippen LogP contribution is -2.29. The van der Waals surface area contributed by atoms with Crippen LogP contribution >= 0.6 is 27.5 Å². The van der Waals surface area contributed by atoms with E-state index in [1.165, 1.54) is 22.7 Å². The zero-order valence-corrected chi connectivity index (χ0v) is 21.0. The van der Waals surface area contributed by atoms with Crippen molar-refractivity contribution in [3.63, 3.8) is 0 Å². The zero-order chi connectivity index (χ0) is 24.0. The summed E-state index contributed by atoms with van der Waals surface area (Å²) in [5, 5.41) is 4.46. The number of rotatable bonds is 8. The lowest BCUT2D eigenvalue weighted by Gasteiger charge is -2.23. The van der Waals surface area contributed by atoms with Crippen LogP contribution in [0.5, 0.6) is 5.75 Å². The summed E-state index contributed by atoms with van der Waals surface area (Å²) < 4.78 is 32.1. The summed E-state index contributed by atoms with van der Waals surface area (Å²) >= 11 is 9.58. The Kier molecular flexibility index (Phi) is 8.12. The molecule has 0 fully saturated rings. The van der Waals surface area contributed by atoms with E-state index >= 15 is 0 Å². The molecule has 0 aliphatic rings. The molecule has 0 spiro atoms. The maximum absolute atomic E-state index is 12.5. The number of benzene rings is 3. The van der Waals surface area contributed by atoms with E-state index in [9.17, 15) is 13.2 Å². The van der Waals surface area contributed by atoms with Gasteiger partial charge in [-0.1, -0.05) is 45.7 Å². The molecule has 33 heavy (non-hydrogen) atoms. The highest BCUT2D eigenvalue weighted by atomic mass is 79.9. The van der Waals surface area contributed by atoms with Crippen LogP contribution < -0.4 is 14.5 Å². The van der Waals surface area contributed by atoms with Gasteiger partial charge in [0, 0.05) is 20.6 Å². The van der Waals surface area contributed by atoms with Gasteiger partial charge in [-0.2, -0.15) is 5.10 Å². The lowest BCUT2D eigenvalue weighted by atomic mass is 10.2. The molecule has 0 bridgehead atoms. The Bertz CT molecular complexity index is 1280. The second-order valence-electron chi connectivity index (χ2n) is 6.99. The number of nitrogens with zero attached hydrogens (tertiary/aromatic N) is 2. The van der Waals surface area contributed by atoms with Gasteiger partial charge < -0.3 is 4.74 Å². The average Bonchev–Trinajstić information content (AvgIpc) is 2.78. The predicted octanol–water partition coefficient (Wildman–Crippen LogP) is 4.84. The Labute approximate surface area is 206 Å². The molecular weight excluding hydrogens is 530 g/mol. The zero-order valence-electron chi connectivity index (χ0n) is 17.8. The van der Waals surface area contributed by atoms with Gasteiger partial charge in [-0.3, -0.25) is 9.10 Å². The second-order valence-corrected chi connectivity index (χ2v) is 10.2. The molecule has 0 aliphatic carbocycles. The third-order valence-electron chi connectivity index (χ3n) is 4.65.